The lowest BCUT2D eigenvalue weighted by atomic mass is 10.1. The van der Waals surface area contributed by atoms with Gasteiger partial charge in [-0.05, 0) is 72.3 Å². The standard InChI is InChI=1S/C29H22FN3O4/c30-20-8-12-22(13-9-20)32-28(34)19-6-10-21(11-7-19)31-27-23-3-1-2-4-24(23)29(35)33(27)16-18-5-14-25-26(15-18)37-17-36-25/h1-15,27,31H,16-17H2,(H,32,34). The van der Waals surface area contributed by atoms with Crippen molar-refractivity contribution in [1.29, 1.82) is 0 Å². The normalized spacial score (nSPS) is 15.4. The summed E-state index contributed by atoms with van der Waals surface area (Å²) >= 11 is 0. The number of amides is 2. The van der Waals surface area contributed by atoms with Crippen LogP contribution < -0.4 is 20.1 Å². The number of benzene rings is 4. The van der Waals surface area contributed by atoms with Crippen molar-refractivity contribution in [3.05, 3.63) is 119 Å². The van der Waals surface area contributed by atoms with Gasteiger partial charge >= 0.3 is 0 Å². The summed E-state index contributed by atoms with van der Waals surface area (Å²) in [6, 6.07) is 25.8. The van der Waals surface area contributed by atoms with Crippen molar-refractivity contribution in [3.63, 3.8) is 0 Å². The highest BCUT2D eigenvalue weighted by Gasteiger charge is 2.36. The molecule has 8 heteroatoms. The van der Waals surface area contributed by atoms with Crippen LogP contribution in [-0.2, 0) is 6.54 Å². The maximum absolute atomic E-state index is 13.3. The van der Waals surface area contributed by atoms with Gasteiger partial charge in [-0.25, -0.2) is 4.39 Å². The Kier molecular flexibility index (Phi) is 5.69. The SMILES string of the molecule is O=C(Nc1ccc(F)cc1)c1ccc(NC2c3ccccc3C(=O)N2Cc2ccc3c(c2)OCO3)cc1. The van der Waals surface area contributed by atoms with E-state index in [4.69, 9.17) is 9.47 Å². The van der Waals surface area contributed by atoms with Gasteiger partial charge in [-0.3, -0.25) is 9.59 Å². The van der Waals surface area contributed by atoms with E-state index in [2.05, 4.69) is 10.6 Å². The van der Waals surface area contributed by atoms with Crippen LogP contribution in [0.15, 0.2) is 91.0 Å². The zero-order valence-corrected chi connectivity index (χ0v) is 19.6. The van der Waals surface area contributed by atoms with Gasteiger partial charge in [0.1, 0.15) is 12.0 Å². The first-order valence-corrected chi connectivity index (χ1v) is 11.8. The summed E-state index contributed by atoms with van der Waals surface area (Å²) in [5, 5.41) is 6.20. The van der Waals surface area contributed by atoms with Crippen LogP contribution in [0.1, 0.15) is 38.0 Å². The molecule has 0 spiro atoms. The van der Waals surface area contributed by atoms with Gasteiger partial charge in [0.15, 0.2) is 11.5 Å². The minimum atomic E-state index is -0.395. The van der Waals surface area contributed by atoms with Crippen molar-refractivity contribution < 1.29 is 23.5 Å². The molecule has 0 fully saturated rings. The van der Waals surface area contributed by atoms with Gasteiger partial charge in [0.05, 0.1) is 0 Å². The fourth-order valence-corrected chi connectivity index (χ4v) is 4.54. The molecule has 37 heavy (non-hydrogen) atoms. The Morgan fingerprint density at radius 3 is 2.43 bits per heavy atom. The van der Waals surface area contributed by atoms with Crippen molar-refractivity contribution in [2.45, 2.75) is 12.7 Å². The molecule has 6 rings (SSSR count). The van der Waals surface area contributed by atoms with Gasteiger partial charge in [0.25, 0.3) is 11.8 Å². The minimum absolute atomic E-state index is 0.0685. The van der Waals surface area contributed by atoms with Crippen molar-refractivity contribution in [2.75, 3.05) is 17.4 Å². The van der Waals surface area contributed by atoms with Crippen molar-refractivity contribution in [1.82, 2.24) is 4.90 Å². The molecule has 2 N–H and O–H groups in total. The number of fused-ring (bicyclic) bond motifs is 2. The Morgan fingerprint density at radius 2 is 1.62 bits per heavy atom. The number of carbonyl (C=O) groups is 2. The zero-order valence-electron chi connectivity index (χ0n) is 19.6. The first-order valence-electron chi connectivity index (χ1n) is 11.8. The highest BCUT2D eigenvalue weighted by atomic mass is 19.1. The van der Waals surface area contributed by atoms with E-state index in [0.29, 0.717) is 34.9 Å². The Bertz CT molecular complexity index is 1490. The van der Waals surface area contributed by atoms with E-state index >= 15 is 0 Å². The number of hydrogen-bond acceptors (Lipinski definition) is 5. The molecule has 7 nitrogen and oxygen atoms in total. The Labute approximate surface area is 212 Å². The molecule has 184 valence electrons. The summed E-state index contributed by atoms with van der Waals surface area (Å²) in [4.78, 5) is 27.7. The largest absolute Gasteiger partial charge is 0.454 e. The smallest absolute Gasteiger partial charge is 0.256 e. The van der Waals surface area contributed by atoms with Gasteiger partial charge in [-0.1, -0.05) is 24.3 Å². The van der Waals surface area contributed by atoms with Crippen molar-refractivity contribution in [2.24, 2.45) is 0 Å². The van der Waals surface area contributed by atoms with Gasteiger partial charge in [-0.2, -0.15) is 0 Å². The topological polar surface area (TPSA) is 79.9 Å². The van der Waals surface area contributed by atoms with Crippen LogP contribution in [0.25, 0.3) is 0 Å². The Balaban J connectivity index is 1.21. The Hall–Kier alpha value is -4.85. The number of halogens is 1. The van der Waals surface area contributed by atoms with Crippen molar-refractivity contribution in [3.8, 4) is 11.5 Å². The van der Waals surface area contributed by atoms with E-state index in [1.807, 2.05) is 42.5 Å². The highest BCUT2D eigenvalue weighted by Crippen LogP contribution is 2.38. The van der Waals surface area contributed by atoms with Crippen LogP contribution in [0, 0.1) is 5.82 Å². The second kappa shape index (κ2) is 9.31. The molecule has 0 saturated carbocycles. The average molecular weight is 496 g/mol. The highest BCUT2D eigenvalue weighted by molar-refractivity contribution is 6.04. The molecule has 1 unspecified atom stereocenters. The number of nitrogens with zero attached hydrogens (tertiary/aromatic N) is 1. The summed E-state index contributed by atoms with van der Waals surface area (Å²) < 4.78 is 24.0. The Morgan fingerprint density at radius 1 is 0.892 bits per heavy atom. The molecular weight excluding hydrogens is 473 g/mol. The first kappa shape index (κ1) is 22.6. The van der Waals surface area contributed by atoms with Gasteiger partial charge in [0.2, 0.25) is 6.79 Å². The summed E-state index contributed by atoms with van der Waals surface area (Å²) in [6.07, 6.45) is -0.395. The van der Waals surface area contributed by atoms with E-state index < -0.39 is 6.17 Å². The summed E-state index contributed by atoms with van der Waals surface area (Å²) in [5.74, 6) is 0.622. The van der Waals surface area contributed by atoms with Crippen LogP contribution >= 0.6 is 0 Å². The fourth-order valence-electron chi connectivity index (χ4n) is 4.54. The second-order valence-electron chi connectivity index (χ2n) is 8.79. The molecule has 0 radical (unpaired) electrons. The molecule has 2 aliphatic rings. The number of hydrogen-bond donors (Lipinski definition) is 2. The summed E-state index contributed by atoms with van der Waals surface area (Å²) in [6.45, 7) is 0.564. The van der Waals surface area contributed by atoms with E-state index in [1.165, 1.54) is 24.3 Å². The molecule has 0 aromatic heterocycles. The van der Waals surface area contributed by atoms with Gasteiger partial charge in [0, 0.05) is 34.6 Å². The fraction of sp³-hybridized carbons (Fsp3) is 0.103. The molecule has 2 amide bonds. The van der Waals surface area contributed by atoms with Gasteiger partial charge < -0.3 is 25.0 Å². The lowest BCUT2D eigenvalue weighted by molar-refractivity contribution is 0.0728. The van der Waals surface area contributed by atoms with Crippen LogP contribution in [-0.4, -0.2) is 23.5 Å². The molecular formula is C29H22FN3O4. The molecule has 0 aliphatic carbocycles. The maximum Gasteiger partial charge on any atom is 0.256 e. The second-order valence-corrected chi connectivity index (χ2v) is 8.79. The van der Waals surface area contributed by atoms with Crippen LogP contribution in [0.5, 0.6) is 11.5 Å². The first-order chi connectivity index (χ1) is 18.0. The number of anilines is 2. The number of rotatable bonds is 6. The predicted molar refractivity (Wildman–Crippen MR) is 136 cm³/mol. The third-order valence-corrected chi connectivity index (χ3v) is 6.40. The number of ether oxygens (including phenoxy) is 2. The van der Waals surface area contributed by atoms with Gasteiger partial charge in [-0.15, -0.1) is 0 Å². The molecule has 0 bridgehead atoms. The monoisotopic (exact) mass is 495 g/mol. The van der Waals surface area contributed by atoms with E-state index in [9.17, 15) is 14.0 Å². The molecule has 4 aromatic carbocycles. The summed E-state index contributed by atoms with van der Waals surface area (Å²) in [5.41, 5.74) is 4.17. The van der Waals surface area contributed by atoms with E-state index in [-0.39, 0.29) is 24.4 Å². The predicted octanol–water partition coefficient (Wildman–Crippen LogP) is 5.57. The molecule has 4 aromatic rings. The van der Waals surface area contributed by atoms with Crippen molar-refractivity contribution >= 4 is 23.2 Å². The minimum Gasteiger partial charge on any atom is -0.454 e. The number of nitrogens with one attached hydrogen (secondary N) is 2. The number of carbonyl (C=O) groups excluding carboxylic acids is 2. The lowest BCUT2D eigenvalue weighted by Crippen LogP contribution is -2.31. The van der Waals surface area contributed by atoms with Crippen LogP contribution in [0.3, 0.4) is 0 Å². The third kappa shape index (κ3) is 4.45. The third-order valence-electron chi connectivity index (χ3n) is 6.40. The maximum atomic E-state index is 13.3. The quantitative estimate of drug-likeness (QED) is 0.365. The average Bonchev–Trinajstić information content (AvgIpc) is 3.49. The van der Waals surface area contributed by atoms with E-state index in [1.54, 1.807) is 29.2 Å². The summed E-state index contributed by atoms with van der Waals surface area (Å²) in [7, 11) is 0. The molecule has 1 atom stereocenters. The van der Waals surface area contributed by atoms with Crippen LogP contribution in [0.2, 0.25) is 0 Å². The van der Waals surface area contributed by atoms with Crippen LogP contribution in [0.4, 0.5) is 15.8 Å². The zero-order chi connectivity index (χ0) is 25.4. The molecule has 0 saturated heterocycles. The van der Waals surface area contributed by atoms with E-state index in [0.717, 1.165) is 16.8 Å². The molecule has 2 heterocycles. The molecule has 2 aliphatic heterocycles. The lowest BCUT2D eigenvalue weighted by Gasteiger charge is -2.27.